The second-order valence-electron chi connectivity index (χ2n) is 5.22. The van der Waals surface area contributed by atoms with Gasteiger partial charge in [-0.25, -0.2) is 0 Å². The van der Waals surface area contributed by atoms with Crippen LogP contribution in [0.5, 0.6) is 11.5 Å². The van der Waals surface area contributed by atoms with Gasteiger partial charge in [0, 0.05) is 6.54 Å². The zero-order valence-electron chi connectivity index (χ0n) is 10.3. The third-order valence-electron chi connectivity index (χ3n) is 3.94. The summed E-state index contributed by atoms with van der Waals surface area (Å²) in [5.74, 6) is 1.69. The van der Waals surface area contributed by atoms with Crippen LogP contribution in [0.4, 0.5) is 0 Å². The molecule has 4 heteroatoms. The number of likely N-dealkylation sites (tertiary alicyclic amines) is 1. The SMILES string of the molecule is c1cc2c(cc1C1OC1CN1CCCC1)OCO2. The molecule has 0 aromatic heterocycles. The van der Waals surface area contributed by atoms with E-state index in [2.05, 4.69) is 17.0 Å². The van der Waals surface area contributed by atoms with Crippen LogP contribution in [0, 0.1) is 0 Å². The Morgan fingerprint density at radius 1 is 1.11 bits per heavy atom. The molecule has 2 atom stereocenters. The maximum absolute atomic E-state index is 5.79. The number of benzene rings is 1. The quantitative estimate of drug-likeness (QED) is 0.765. The van der Waals surface area contributed by atoms with Crippen LogP contribution in [-0.2, 0) is 4.74 Å². The summed E-state index contributed by atoms with van der Waals surface area (Å²) in [5.41, 5.74) is 1.21. The van der Waals surface area contributed by atoms with E-state index in [-0.39, 0.29) is 6.10 Å². The number of hydrogen-bond donors (Lipinski definition) is 0. The molecular formula is C14H17NO3. The molecule has 3 aliphatic rings. The minimum atomic E-state index is 0.250. The van der Waals surface area contributed by atoms with Gasteiger partial charge in [0.1, 0.15) is 12.2 Å². The molecule has 1 aromatic carbocycles. The topological polar surface area (TPSA) is 34.2 Å². The molecule has 18 heavy (non-hydrogen) atoms. The molecule has 0 bridgehead atoms. The van der Waals surface area contributed by atoms with Crippen LogP contribution in [0.15, 0.2) is 18.2 Å². The zero-order chi connectivity index (χ0) is 11.9. The average molecular weight is 247 g/mol. The van der Waals surface area contributed by atoms with Gasteiger partial charge in [0.05, 0.1) is 0 Å². The minimum Gasteiger partial charge on any atom is -0.454 e. The molecule has 3 aliphatic heterocycles. The molecule has 1 aromatic rings. The second-order valence-corrected chi connectivity index (χ2v) is 5.22. The standard InChI is InChI=1S/C14H17NO3/c1-2-6-15(5-1)8-13-14(18-13)10-3-4-11-12(7-10)17-9-16-11/h3-4,7,13-14H,1-2,5-6,8-9H2. The van der Waals surface area contributed by atoms with E-state index in [1.807, 2.05) is 6.07 Å². The Labute approximate surface area is 106 Å². The highest BCUT2D eigenvalue weighted by molar-refractivity contribution is 5.45. The predicted octanol–water partition coefficient (Wildman–Crippen LogP) is 1.95. The summed E-state index contributed by atoms with van der Waals surface area (Å²) >= 11 is 0. The molecule has 0 N–H and O–H groups in total. The Kier molecular flexibility index (Phi) is 2.45. The van der Waals surface area contributed by atoms with Gasteiger partial charge in [-0.2, -0.15) is 0 Å². The van der Waals surface area contributed by atoms with E-state index in [4.69, 9.17) is 14.2 Å². The molecule has 0 spiro atoms. The van der Waals surface area contributed by atoms with Gasteiger partial charge in [-0.05, 0) is 43.6 Å². The van der Waals surface area contributed by atoms with Crippen LogP contribution in [0.1, 0.15) is 24.5 Å². The monoisotopic (exact) mass is 247 g/mol. The lowest BCUT2D eigenvalue weighted by Gasteiger charge is -2.11. The van der Waals surface area contributed by atoms with Gasteiger partial charge in [-0.3, -0.25) is 0 Å². The predicted molar refractivity (Wildman–Crippen MR) is 65.9 cm³/mol. The summed E-state index contributed by atoms with van der Waals surface area (Å²) in [6.45, 7) is 3.86. The van der Waals surface area contributed by atoms with Crippen molar-refractivity contribution in [3.8, 4) is 11.5 Å². The number of ether oxygens (including phenoxy) is 3. The summed E-state index contributed by atoms with van der Waals surface area (Å²) in [6, 6.07) is 6.12. The van der Waals surface area contributed by atoms with Crippen LogP contribution in [0.2, 0.25) is 0 Å². The van der Waals surface area contributed by atoms with E-state index in [1.54, 1.807) is 0 Å². The van der Waals surface area contributed by atoms with Crippen molar-refractivity contribution in [1.29, 1.82) is 0 Å². The molecule has 2 unspecified atom stereocenters. The van der Waals surface area contributed by atoms with Crippen molar-refractivity contribution in [2.24, 2.45) is 0 Å². The van der Waals surface area contributed by atoms with E-state index < -0.39 is 0 Å². The summed E-state index contributed by atoms with van der Waals surface area (Å²) < 4.78 is 16.5. The van der Waals surface area contributed by atoms with Crippen LogP contribution in [0.25, 0.3) is 0 Å². The lowest BCUT2D eigenvalue weighted by Crippen LogP contribution is -2.24. The largest absolute Gasteiger partial charge is 0.454 e. The summed E-state index contributed by atoms with van der Waals surface area (Å²) in [5, 5.41) is 0. The van der Waals surface area contributed by atoms with Crippen LogP contribution in [0.3, 0.4) is 0 Å². The molecule has 2 fully saturated rings. The van der Waals surface area contributed by atoms with E-state index >= 15 is 0 Å². The fraction of sp³-hybridized carbons (Fsp3) is 0.571. The first-order valence-electron chi connectivity index (χ1n) is 6.67. The van der Waals surface area contributed by atoms with Gasteiger partial charge in [-0.15, -0.1) is 0 Å². The second kappa shape index (κ2) is 4.14. The van der Waals surface area contributed by atoms with Gasteiger partial charge in [0.15, 0.2) is 11.5 Å². The maximum atomic E-state index is 5.79. The van der Waals surface area contributed by atoms with Crippen molar-refractivity contribution in [1.82, 2.24) is 4.90 Å². The van der Waals surface area contributed by atoms with Crippen LogP contribution >= 0.6 is 0 Å². The third-order valence-corrected chi connectivity index (χ3v) is 3.94. The van der Waals surface area contributed by atoms with Crippen LogP contribution in [-0.4, -0.2) is 37.4 Å². The molecule has 4 rings (SSSR count). The molecule has 96 valence electrons. The minimum absolute atomic E-state index is 0.250. The fourth-order valence-electron chi connectivity index (χ4n) is 2.88. The number of hydrogen-bond acceptors (Lipinski definition) is 4. The highest BCUT2D eigenvalue weighted by atomic mass is 16.7. The number of nitrogens with zero attached hydrogens (tertiary/aromatic N) is 1. The Bertz CT molecular complexity index is 456. The lowest BCUT2D eigenvalue weighted by atomic mass is 10.1. The summed E-state index contributed by atoms with van der Waals surface area (Å²) in [4.78, 5) is 2.50. The van der Waals surface area contributed by atoms with Gasteiger partial charge in [-0.1, -0.05) is 6.07 Å². The lowest BCUT2D eigenvalue weighted by molar-refractivity contribution is 0.174. The first-order chi connectivity index (χ1) is 8.90. The summed E-state index contributed by atoms with van der Waals surface area (Å²) in [7, 11) is 0. The Hall–Kier alpha value is -1.26. The Morgan fingerprint density at radius 3 is 2.83 bits per heavy atom. The first kappa shape index (κ1) is 10.6. The Morgan fingerprint density at radius 2 is 1.94 bits per heavy atom. The summed E-state index contributed by atoms with van der Waals surface area (Å²) in [6.07, 6.45) is 3.28. The first-order valence-corrected chi connectivity index (χ1v) is 6.67. The molecule has 0 amide bonds. The molecule has 3 heterocycles. The van der Waals surface area contributed by atoms with Gasteiger partial charge >= 0.3 is 0 Å². The third kappa shape index (κ3) is 1.85. The highest BCUT2D eigenvalue weighted by Gasteiger charge is 2.41. The maximum Gasteiger partial charge on any atom is 0.231 e. The van der Waals surface area contributed by atoms with Crippen LogP contribution < -0.4 is 9.47 Å². The number of fused-ring (bicyclic) bond motifs is 1. The van der Waals surface area contributed by atoms with Gasteiger partial charge < -0.3 is 19.1 Å². The van der Waals surface area contributed by atoms with Crippen molar-refractivity contribution in [2.45, 2.75) is 25.0 Å². The molecule has 0 aliphatic carbocycles. The van der Waals surface area contributed by atoms with E-state index in [0.29, 0.717) is 12.9 Å². The number of epoxide rings is 1. The van der Waals surface area contributed by atoms with E-state index in [0.717, 1.165) is 18.0 Å². The molecule has 0 saturated carbocycles. The van der Waals surface area contributed by atoms with Crippen molar-refractivity contribution < 1.29 is 14.2 Å². The zero-order valence-corrected chi connectivity index (χ0v) is 10.3. The van der Waals surface area contributed by atoms with E-state index in [1.165, 1.54) is 31.5 Å². The van der Waals surface area contributed by atoms with Crippen molar-refractivity contribution in [3.05, 3.63) is 23.8 Å². The Balaban J connectivity index is 1.42. The smallest absolute Gasteiger partial charge is 0.231 e. The normalized spacial score (nSPS) is 29.8. The molecule has 0 radical (unpaired) electrons. The fourth-order valence-corrected chi connectivity index (χ4v) is 2.88. The molecule has 2 saturated heterocycles. The highest BCUT2D eigenvalue weighted by Crippen LogP contribution is 2.43. The van der Waals surface area contributed by atoms with Crippen molar-refractivity contribution >= 4 is 0 Å². The molecule has 4 nitrogen and oxygen atoms in total. The average Bonchev–Trinajstić information content (AvgIpc) is 2.82. The van der Waals surface area contributed by atoms with Crippen molar-refractivity contribution in [2.75, 3.05) is 26.4 Å². The van der Waals surface area contributed by atoms with Gasteiger partial charge in [0.25, 0.3) is 0 Å². The van der Waals surface area contributed by atoms with Crippen molar-refractivity contribution in [3.63, 3.8) is 0 Å². The molecular weight excluding hydrogens is 230 g/mol. The van der Waals surface area contributed by atoms with Gasteiger partial charge in [0.2, 0.25) is 6.79 Å². The number of rotatable bonds is 3. The van der Waals surface area contributed by atoms with E-state index in [9.17, 15) is 0 Å².